The highest BCUT2D eigenvalue weighted by Gasteiger charge is 2.48. The number of aliphatic imine (C=N–C) groups is 1. The third kappa shape index (κ3) is 3.78. The summed E-state index contributed by atoms with van der Waals surface area (Å²) in [4.78, 5) is 37.5. The summed E-state index contributed by atoms with van der Waals surface area (Å²) in [6.45, 7) is 2.15. The molecule has 1 N–H and O–H groups in total. The number of rotatable bonds is 4. The Labute approximate surface area is 169 Å². The Morgan fingerprint density at radius 3 is 2.55 bits per heavy atom. The molecule has 0 radical (unpaired) electrons. The minimum Gasteiger partial charge on any atom is -0.346 e. The lowest BCUT2D eigenvalue weighted by atomic mass is 9.75. The minimum absolute atomic E-state index is 0.0912. The van der Waals surface area contributed by atoms with Gasteiger partial charge in [0.1, 0.15) is 11.4 Å². The van der Waals surface area contributed by atoms with E-state index in [0.29, 0.717) is 11.4 Å². The van der Waals surface area contributed by atoms with E-state index in [0.717, 1.165) is 12.8 Å². The van der Waals surface area contributed by atoms with Crippen LogP contribution in [0.2, 0.25) is 0 Å². The molecule has 2 amide bonds. The number of amides is 2. The quantitative estimate of drug-likeness (QED) is 0.816. The summed E-state index contributed by atoms with van der Waals surface area (Å²) in [5, 5.41) is 3.15. The SMILES string of the molecule is CC12CC=CC=C1CC(C=NC(=O)c1ccccn1)C2NC(=O)c1ccccn1. The summed E-state index contributed by atoms with van der Waals surface area (Å²) in [7, 11) is 0. The van der Waals surface area contributed by atoms with E-state index in [1.165, 1.54) is 5.57 Å². The molecule has 4 rings (SSSR count). The topological polar surface area (TPSA) is 84.3 Å². The minimum atomic E-state index is -0.382. The largest absolute Gasteiger partial charge is 0.346 e. The van der Waals surface area contributed by atoms with Crippen molar-refractivity contribution in [2.24, 2.45) is 16.3 Å². The normalized spacial score (nSPS) is 25.5. The van der Waals surface area contributed by atoms with Crippen LogP contribution in [0.1, 0.15) is 40.7 Å². The summed E-state index contributed by atoms with van der Waals surface area (Å²) in [5.74, 6) is -0.693. The number of aromatic nitrogens is 2. The van der Waals surface area contributed by atoms with Gasteiger partial charge in [-0.15, -0.1) is 0 Å². The number of allylic oxidation sites excluding steroid dienone is 3. The standard InChI is InChI=1S/C23H22N4O2/c1-23-11-5-2-8-17(23)14-16(15-26-21(28)18-9-3-6-12-24-18)20(23)27-22(29)19-10-4-7-13-25-19/h2-10,12-13,15-16,20H,11,14H2,1H3,(H,27,29). The molecule has 0 aromatic carbocycles. The second-order valence-electron chi connectivity index (χ2n) is 7.57. The van der Waals surface area contributed by atoms with E-state index in [1.54, 1.807) is 55.0 Å². The number of nitrogens with zero attached hydrogens (tertiary/aromatic N) is 3. The van der Waals surface area contributed by atoms with E-state index < -0.39 is 0 Å². The van der Waals surface area contributed by atoms with Gasteiger partial charge in [-0.1, -0.05) is 42.9 Å². The molecule has 3 unspecified atom stereocenters. The molecule has 0 aliphatic heterocycles. The molecule has 146 valence electrons. The van der Waals surface area contributed by atoms with Crippen molar-refractivity contribution in [2.75, 3.05) is 0 Å². The van der Waals surface area contributed by atoms with Crippen molar-refractivity contribution >= 4 is 18.0 Å². The average Bonchev–Trinajstić information content (AvgIpc) is 3.04. The molecule has 6 nitrogen and oxygen atoms in total. The van der Waals surface area contributed by atoms with E-state index in [1.807, 2.05) is 6.08 Å². The van der Waals surface area contributed by atoms with Crippen LogP contribution in [0.3, 0.4) is 0 Å². The molecule has 6 heteroatoms. The predicted molar refractivity (Wildman–Crippen MR) is 111 cm³/mol. The maximum Gasteiger partial charge on any atom is 0.295 e. The van der Waals surface area contributed by atoms with Gasteiger partial charge in [0.25, 0.3) is 11.8 Å². The average molecular weight is 386 g/mol. The fourth-order valence-corrected chi connectivity index (χ4v) is 4.13. The van der Waals surface area contributed by atoms with E-state index in [2.05, 4.69) is 39.4 Å². The van der Waals surface area contributed by atoms with Gasteiger partial charge < -0.3 is 5.32 Å². The van der Waals surface area contributed by atoms with Crippen LogP contribution >= 0.6 is 0 Å². The van der Waals surface area contributed by atoms with Crippen molar-refractivity contribution in [2.45, 2.75) is 25.8 Å². The van der Waals surface area contributed by atoms with Crippen molar-refractivity contribution in [3.63, 3.8) is 0 Å². The Morgan fingerprint density at radius 2 is 1.86 bits per heavy atom. The molecule has 1 saturated carbocycles. The Hall–Kier alpha value is -3.41. The smallest absolute Gasteiger partial charge is 0.295 e. The summed E-state index contributed by atoms with van der Waals surface area (Å²) in [5.41, 5.74) is 1.72. The highest BCUT2D eigenvalue weighted by Crippen LogP contribution is 2.49. The molecule has 0 saturated heterocycles. The van der Waals surface area contributed by atoms with Crippen LogP contribution in [0.5, 0.6) is 0 Å². The van der Waals surface area contributed by atoms with E-state index >= 15 is 0 Å². The van der Waals surface area contributed by atoms with E-state index in [-0.39, 0.29) is 29.2 Å². The monoisotopic (exact) mass is 386 g/mol. The lowest BCUT2D eigenvalue weighted by Crippen LogP contribution is -2.47. The lowest BCUT2D eigenvalue weighted by Gasteiger charge is -2.35. The number of carbonyl (C=O) groups excluding carboxylic acids is 2. The van der Waals surface area contributed by atoms with Crippen LogP contribution in [0.25, 0.3) is 0 Å². The Kier molecular flexibility index (Phi) is 5.16. The summed E-state index contributed by atoms with van der Waals surface area (Å²) in [6, 6.07) is 10.2. The molecular formula is C23H22N4O2. The molecule has 0 spiro atoms. The number of carbonyl (C=O) groups is 2. The van der Waals surface area contributed by atoms with Crippen molar-refractivity contribution in [1.29, 1.82) is 0 Å². The first-order chi connectivity index (χ1) is 14.1. The number of fused-ring (bicyclic) bond motifs is 1. The zero-order valence-corrected chi connectivity index (χ0v) is 16.2. The number of hydrogen-bond acceptors (Lipinski definition) is 4. The second-order valence-corrected chi connectivity index (χ2v) is 7.57. The van der Waals surface area contributed by atoms with Gasteiger partial charge in [0, 0.05) is 36.0 Å². The molecule has 0 bridgehead atoms. The van der Waals surface area contributed by atoms with Gasteiger partial charge in [-0.2, -0.15) is 0 Å². The van der Waals surface area contributed by atoms with Crippen molar-refractivity contribution < 1.29 is 9.59 Å². The molecule has 29 heavy (non-hydrogen) atoms. The summed E-state index contributed by atoms with van der Waals surface area (Å²) >= 11 is 0. The van der Waals surface area contributed by atoms with Crippen LogP contribution in [0, 0.1) is 11.3 Å². The maximum atomic E-state index is 12.8. The van der Waals surface area contributed by atoms with Crippen LogP contribution < -0.4 is 5.32 Å². The zero-order chi connectivity index (χ0) is 20.3. The third-order valence-electron chi connectivity index (χ3n) is 5.73. The van der Waals surface area contributed by atoms with Gasteiger partial charge >= 0.3 is 0 Å². The van der Waals surface area contributed by atoms with Crippen molar-refractivity contribution in [1.82, 2.24) is 15.3 Å². The van der Waals surface area contributed by atoms with Crippen LogP contribution in [0.4, 0.5) is 0 Å². The summed E-state index contributed by atoms with van der Waals surface area (Å²) in [6.07, 6.45) is 12.7. The third-order valence-corrected chi connectivity index (χ3v) is 5.73. The maximum absolute atomic E-state index is 12.8. The first-order valence-corrected chi connectivity index (χ1v) is 9.65. The number of pyridine rings is 2. The molecule has 2 aliphatic rings. The molecule has 2 aromatic rings. The fraction of sp³-hybridized carbons (Fsp3) is 0.261. The predicted octanol–water partition coefficient (Wildman–Crippen LogP) is 3.40. The lowest BCUT2D eigenvalue weighted by molar-refractivity contribution is 0.0900. The van der Waals surface area contributed by atoms with Gasteiger partial charge in [-0.3, -0.25) is 19.6 Å². The van der Waals surface area contributed by atoms with Gasteiger partial charge in [0.2, 0.25) is 0 Å². The molecule has 3 atom stereocenters. The van der Waals surface area contributed by atoms with Crippen LogP contribution in [-0.4, -0.2) is 34.0 Å². The van der Waals surface area contributed by atoms with E-state index in [4.69, 9.17) is 0 Å². The van der Waals surface area contributed by atoms with Gasteiger partial charge in [-0.05, 0) is 37.1 Å². The number of nitrogens with one attached hydrogen (secondary N) is 1. The van der Waals surface area contributed by atoms with Crippen molar-refractivity contribution in [3.05, 3.63) is 84.0 Å². The number of hydrogen-bond donors (Lipinski definition) is 1. The fourth-order valence-electron chi connectivity index (χ4n) is 4.13. The molecule has 2 heterocycles. The molecule has 2 aromatic heterocycles. The Morgan fingerprint density at radius 1 is 1.14 bits per heavy atom. The highest BCUT2D eigenvalue weighted by molar-refractivity contribution is 5.98. The first kappa shape index (κ1) is 18.9. The van der Waals surface area contributed by atoms with Gasteiger partial charge in [-0.25, -0.2) is 4.99 Å². The second kappa shape index (κ2) is 7.91. The van der Waals surface area contributed by atoms with Crippen LogP contribution in [0.15, 0.2) is 77.6 Å². The Bertz CT molecular complexity index is 998. The zero-order valence-electron chi connectivity index (χ0n) is 16.2. The molecule has 1 fully saturated rings. The van der Waals surface area contributed by atoms with Gasteiger partial charge in [0.05, 0.1) is 0 Å². The molecular weight excluding hydrogens is 364 g/mol. The summed E-state index contributed by atoms with van der Waals surface area (Å²) < 4.78 is 0. The van der Waals surface area contributed by atoms with E-state index in [9.17, 15) is 9.59 Å². The highest BCUT2D eigenvalue weighted by atomic mass is 16.2. The van der Waals surface area contributed by atoms with Crippen LogP contribution in [-0.2, 0) is 0 Å². The first-order valence-electron chi connectivity index (χ1n) is 9.65. The van der Waals surface area contributed by atoms with Crippen molar-refractivity contribution in [3.8, 4) is 0 Å². The Balaban J connectivity index is 1.59. The molecule has 2 aliphatic carbocycles. The van der Waals surface area contributed by atoms with Gasteiger partial charge in [0.15, 0.2) is 0 Å².